The molecule has 0 spiro atoms. The molecule has 1 aliphatic carbocycles. The largest absolute Gasteiger partial charge is 0.390 e. The zero-order valence-corrected chi connectivity index (χ0v) is 18.8. The van der Waals surface area contributed by atoms with E-state index in [4.69, 9.17) is 0 Å². The molecular weight excluding hydrogens is 492 g/mol. The van der Waals surface area contributed by atoms with Crippen LogP contribution in [-0.2, 0) is 6.42 Å². The minimum absolute atomic E-state index is 0. The molecule has 0 amide bonds. The highest BCUT2D eigenvalue weighted by Crippen LogP contribution is 2.33. The Morgan fingerprint density at radius 1 is 1.22 bits per heavy atom. The third-order valence-corrected chi connectivity index (χ3v) is 5.05. The number of aryl methyl sites for hydroxylation is 1. The van der Waals surface area contributed by atoms with E-state index >= 15 is 0 Å². The van der Waals surface area contributed by atoms with Crippen LogP contribution in [0.1, 0.15) is 50.4 Å². The molecule has 27 heavy (non-hydrogen) atoms. The van der Waals surface area contributed by atoms with E-state index in [0.717, 1.165) is 23.8 Å². The lowest BCUT2D eigenvalue weighted by molar-refractivity contribution is -0.132. The third-order valence-electron chi connectivity index (χ3n) is 4.40. The number of hydrogen-bond donors (Lipinski definition) is 2. The Balaban J connectivity index is 0.00000364. The normalized spacial score (nSPS) is 15.7. The second-order valence-electron chi connectivity index (χ2n) is 6.31. The molecule has 0 aliphatic heterocycles. The fourth-order valence-electron chi connectivity index (χ4n) is 3.14. The van der Waals surface area contributed by atoms with Crippen molar-refractivity contribution in [1.82, 2.24) is 25.4 Å². The first-order chi connectivity index (χ1) is 12.4. The van der Waals surface area contributed by atoms with Gasteiger partial charge in [-0.3, -0.25) is 4.99 Å². The van der Waals surface area contributed by atoms with Gasteiger partial charge in [0.25, 0.3) is 0 Å². The minimum Gasteiger partial charge on any atom is -0.356 e. The summed E-state index contributed by atoms with van der Waals surface area (Å²) in [6.07, 6.45) is 3.39. The number of thioether (sulfide) groups is 1. The SMILES string of the molecule is CN=C(NCCCc1nnc(SC)n1C1CCCC1)NCCC(F)(F)F.I. The van der Waals surface area contributed by atoms with Gasteiger partial charge in [0.1, 0.15) is 5.82 Å². The average Bonchev–Trinajstić information content (AvgIpc) is 3.24. The van der Waals surface area contributed by atoms with Crippen LogP contribution in [0, 0.1) is 0 Å². The first-order valence-electron chi connectivity index (χ1n) is 8.93. The first-order valence-corrected chi connectivity index (χ1v) is 10.2. The fourth-order valence-corrected chi connectivity index (χ4v) is 3.72. The van der Waals surface area contributed by atoms with E-state index in [9.17, 15) is 13.2 Å². The zero-order valence-electron chi connectivity index (χ0n) is 15.7. The maximum absolute atomic E-state index is 12.2. The lowest BCUT2D eigenvalue weighted by atomic mass is 10.2. The molecule has 0 atom stereocenters. The van der Waals surface area contributed by atoms with Gasteiger partial charge in [0.15, 0.2) is 11.1 Å². The average molecular weight is 520 g/mol. The van der Waals surface area contributed by atoms with Crippen LogP contribution in [-0.4, -0.2) is 53.3 Å². The number of nitrogens with zero attached hydrogens (tertiary/aromatic N) is 4. The number of aromatic nitrogens is 3. The molecule has 1 heterocycles. The van der Waals surface area contributed by atoms with Crippen LogP contribution in [0.4, 0.5) is 13.2 Å². The van der Waals surface area contributed by atoms with Crippen LogP contribution in [0.3, 0.4) is 0 Å². The van der Waals surface area contributed by atoms with E-state index in [0.29, 0.717) is 18.5 Å². The molecule has 0 unspecified atom stereocenters. The monoisotopic (exact) mass is 520 g/mol. The summed E-state index contributed by atoms with van der Waals surface area (Å²) in [5.74, 6) is 1.37. The van der Waals surface area contributed by atoms with Crippen molar-refractivity contribution in [1.29, 1.82) is 0 Å². The number of halogens is 4. The van der Waals surface area contributed by atoms with Crippen LogP contribution in [0.15, 0.2) is 10.1 Å². The number of alkyl halides is 3. The van der Waals surface area contributed by atoms with E-state index in [2.05, 4.69) is 30.4 Å². The fraction of sp³-hybridized carbons (Fsp3) is 0.812. The van der Waals surface area contributed by atoms with Crippen molar-refractivity contribution in [2.45, 2.75) is 62.3 Å². The van der Waals surface area contributed by atoms with Gasteiger partial charge in [0.2, 0.25) is 0 Å². The standard InChI is InChI=1S/C16H27F3N6S.HI/c1-20-14(22-11-9-16(17,18)19)21-10-5-8-13-23-24-15(26-2)25(13)12-6-3-4-7-12;/h12H,3-11H2,1-2H3,(H2,20,21,22);1H. The van der Waals surface area contributed by atoms with Crippen molar-refractivity contribution < 1.29 is 13.2 Å². The molecule has 1 fully saturated rings. The molecule has 6 nitrogen and oxygen atoms in total. The lowest BCUT2D eigenvalue weighted by Gasteiger charge is -2.16. The Morgan fingerprint density at radius 2 is 1.89 bits per heavy atom. The molecule has 0 bridgehead atoms. The Morgan fingerprint density at radius 3 is 2.48 bits per heavy atom. The Labute approximate surface area is 179 Å². The van der Waals surface area contributed by atoms with Crippen molar-refractivity contribution >= 4 is 41.7 Å². The smallest absolute Gasteiger partial charge is 0.356 e. The van der Waals surface area contributed by atoms with Gasteiger partial charge in [-0.05, 0) is 25.5 Å². The van der Waals surface area contributed by atoms with E-state index in [-0.39, 0.29) is 30.5 Å². The van der Waals surface area contributed by atoms with E-state index in [1.54, 1.807) is 18.8 Å². The molecule has 11 heteroatoms. The van der Waals surface area contributed by atoms with Crippen LogP contribution < -0.4 is 10.6 Å². The number of nitrogens with one attached hydrogen (secondary N) is 2. The summed E-state index contributed by atoms with van der Waals surface area (Å²) in [4.78, 5) is 3.94. The maximum atomic E-state index is 12.2. The molecule has 0 aromatic carbocycles. The lowest BCUT2D eigenvalue weighted by Crippen LogP contribution is -2.39. The van der Waals surface area contributed by atoms with Gasteiger partial charge in [-0.1, -0.05) is 24.6 Å². The highest BCUT2D eigenvalue weighted by molar-refractivity contribution is 14.0. The van der Waals surface area contributed by atoms with E-state index in [1.165, 1.54) is 25.7 Å². The quantitative estimate of drug-likeness (QED) is 0.180. The second kappa shape index (κ2) is 12.0. The van der Waals surface area contributed by atoms with E-state index in [1.807, 2.05) is 6.26 Å². The maximum Gasteiger partial charge on any atom is 0.390 e. The number of hydrogen-bond acceptors (Lipinski definition) is 4. The van der Waals surface area contributed by atoms with Gasteiger partial charge < -0.3 is 15.2 Å². The summed E-state index contributed by atoms with van der Waals surface area (Å²) < 4.78 is 38.8. The Bertz CT molecular complexity index is 587. The topological polar surface area (TPSA) is 67.1 Å². The summed E-state index contributed by atoms with van der Waals surface area (Å²) >= 11 is 1.61. The number of aliphatic imine (C=N–C) groups is 1. The molecule has 156 valence electrons. The molecule has 1 aromatic rings. The zero-order chi connectivity index (χ0) is 19.0. The van der Waals surface area contributed by atoms with Crippen molar-refractivity contribution in [2.75, 3.05) is 26.4 Å². The summed E-state index contributed by atoms with van der Waals surface area (Å²) in [7, 11) is 1.55. The Kier molecular flexibility index (Phi) is 10.8. The molecule has 2 N–H and O–H groups in total. The summed E-state index contributed by atoms with van der Waals surface area (Å²) in [5, 5.41) is 15.3. The highest BCUT2D eigenvalue weighted by Gasteiger charge is 2.26. The van der Waals surface area contributed by atoms with Gasteiger partial charge >= 0.3 is 6.18 Å². The van der Waals surface area contributed by atoms with Crippen LogP contribution in [0.2, 0.25) is 0 Å². The van der Waals surface area contributed by atoms with Crippen LogP contribution in [0.5, 0.6) is 0 Å². The molecular formula is C16H28F3IN6S. The molecule has 1 saturated carbocycles. The first kappa shape index (κ1) is 24.3. The molecule has 1 aromatic heterocycles. The number of guanidine groups is 1. The van der Waals surface area contributed by atoms with E-state index < -0.39 is 12.6 Å². The molecule has 1 aliphatic rings. The van der Waals surface area contributed by atoms with Crippen LogP contribution in [0.25, 0.3) is 0 Å². The predicted molar refractivity (Wildman–Crippen MR) is 113 cm³/mol. The van der Waals surface area contributed by atoms with Gasteiger partial charge in [-0.25, -0.2) is 0 Å². The van der Waals surface area contributed by atoms with Crippen molar-refractivity contribution in [2.24, 2.45) is 4.99 Å². The van der Waals surface area contributed by atoms with Crippen molar-refractivity contribution in [3.63, 3.8) is 0 Å². The second-order valence-corrected chi connectivity index (χ2v) is 7.08. The third kappa shape index (κ3) is 8.04. The molecule has 2 rings (SSSR count). The molecule has 0 radical (unpaired) electrons. The Hall–Kier alpha value is -0.720. The molecule has 0 saturated heterocycles. The van der Waals surface area contributed by atoms with Gasteiger partial charge in [0.05, 0.1) is 6.42 Å². The predicted octanol–water partition coefficient (Wildman–Crippen LogP) is 3.78. The van der Waals surface area contributed by atoms with Crippen molar-refractivity contribution in [3.05, 3.63) is 5.82 Å². The van der Waals surface area contributed by atoms with Gasteiger partial charge in [-0.2, -0.15) is 13.2 Å². The summed E-state index contributed by atoms with van der Waals surface area (Å²) in [6.45, 7) is 0.425. The number of rotatable bonds is 8. The van der Waals surface area contributed by atoms with Crippen molar-refractivity contribution in [3.8, 4) is 0 Å². The van der Waals surface area contributed by atoms with Gasteiger partial charge in [-0.15, -0.1) is 34.2 Å². The minimum atomic E-state index is -4.16. The van der Waals surface area contributed by atoms with Gasteiger partial charge in [0, 0.05) is 32.6 Å². The van der Waals surface area contributed by atoms with Crippen LogP contribution >= 0.6 is 35.7 Å². The summed E-state index contributed by atoms with van der Waals surface area (Å²) in [5.41, 5.74) is 0. The highest BCUT2D eigenvalue weighted by atomic mass is 127. The summed E-state index contributed by atoms with van der Waals surface area (Å²) in [6, 6.07) is 0.493.